The van der Waals surface area contributed by atoms with Crippen LogP contribution in [0.25, 0.3) is 0 Å². The summed E-state index contributed by atoms with van der Waals surface area (Å²) in [4.78, 5) is 52.2. The Labute approximate surface area is 195 Å². The number of nitrogens with one attached hydrogen (secondary N) is 2. The van der Waals surface area contributed by atoms with Crippen molar-refractivity contribution < 1.29 is 32.7 Å². The van der Waals surface area contributed by atoms with Gasteiger partial charge in [0.1, 0.15) is 17.7 Å². The van der Waals surface area contributed by atoms with Crippen LogP contribution in [0.15, 0.2) is 12.1 Å². The third kappa shape index (κ3) is 4.90. The van der Waals surface area contributed by atoms with E-state index in [4.69, 9.17) is 4.74 Å². The Morgan fingerprint density at radius 3 is 2.41 bits per heavy atom. The third-order valence-electron chi connectivity index (χ3n) is 6.29. The molecular weight excluding hydrogens is 452 g/mol. The second kappa shape index (κ2) is 9.43. The maximum atomic E-state index is 14.7. The van der Waals surface area contributed by atoms with Gasteiger partial charge in [-0.25, -0.2) is 18.4 Å². The van der Waals surface area contributed by atoms with Gasteiger partial charge in [0.05, 0.1) is 18.5 Å². The minimum absolute atomic E-state index is 0.0253. The zero-order chi connectivity index (χ0) is 24.6. The van der Waals surface area contributed by atoms with Crippen molar-refractivity contribution in [1.82, 2.24) is 20.4 Å². The van der Waals surface area contributed by atoms with Crippen molar-refractivity contribution >= 4 is 29.6 Å². The third-order valence-corrected chi connectivity index (χ3v) is 6.29. The number of benzene rings is 1. The van der Waals surface area contributed by atoms with Gasteiger partial charge in [-0.1, -0.05) is 0 Å². The highest BCUT2D eigenvalue weighted by molar-refractivity contribution is 6.01. The minimum atomic E-state index is -1.05. The van der Waals surface area contributed by atoms with Crippen LogP contribution < -0.4 is 15.5 Å². The number of amides is 5. The normalized spacial score (nSPS) is 22.8. The number of anilines is 1. The summed E-state index contributed by atoms with van der Waals surface area (Å²) in [6, 6.07) is 1.93. The zero-order valence-electron chi connectivity index (χ0n) is 19.0. The van der Waals surface area contributed by atoms with Crippen LogP contribution >= 0.6 is 0 Å². The number of alkyl carbamates (subject to hydrolysis) is 1. The number of urea groups is 1. The first kappa shape index (κ1) is 23.7. The second-order valence-corrected chi connectivity index (χ2v) is 9.01. The Balaban J connectivity index is 1.27. The maximum absolute atomic E-state index is 14.7. The molecule has 0 radical (unpaired) electrons. The summed E-state index contributed by atoms with van der Waals surface area (Å²) in [5, 5.41) is 4.83. The van der Waals surface area contributed by atoms with Gasteiger partial charge in [0.25, 0.3) is 0 Å². The first-order valence-corrected chi connectivity index (χ1v) is 11.1. The Kier molecular flexibility index (Phi) is 6.58. The molecule has 0 spiro atoms. The van der Waals surface area contributed by atoms with Gasteiger partial charge in [0.15, 0.2) is 0 Å². The van der Waals surface area contributed by atoms with Gasteiger partial charge >= 0.3 is 12.1 Å². The predicted octanol–water partition coefficient (Wildman–Crippen LogP) is 1.16. The molecule has 34 heavy (non-hydrogen) atoms. The summed E-state index contributed by atoms with van der Waals surface area (Å²) in [5.41, 5.74) is -0.0445. The molecule has 2 N–H and O–H groups in total. The molecule has 0 aromatic heterocycles. The zero-order valence-corrected chi connectivity index (χ0v) is 19.0. The average Bonchev–Trinajstić information content (AvgIpc) is 3.18. The van der Waals surface area contributed by atoms with Crippen molar-refractivity contribution in [1.29, 1.82) is 0 Å². The van der Waals surface area contributed by atoms with Crippen LogP contribution in [0.2, 0.25) is 0 Å². The van der Waals surface area contributed by atoms with Crippen molar-refractivity contribution in [3.05, 3.63) is 29.3 Å². The lowest BCUT2D eigenvalue weighted by Crippen LogP contribution is -2.59. The van der Waals surface area contributed by atoms with E-state index in [9.17, 15) is 28.0 Å². The Hall–Kier alpha value is -3.44. The molecule has 1 aromatic carbocycles. The number of rotatable bonds is 4. The summed E-state index contributed by atoms with van der Waals surface area (Å²) < 4.78 is 34.8. The van der Waals surface area contributed by atoms with Crippen LogP contribution in [-0.2, 0) is 14.3 Å². The average molecular weight is 479 g/mol. The Bertz CT molecular complexity index is 990. The van der Waals surface area contributed by atoms with E-state index in [-0.39, 0.29) is 36.6 Å². The number of likely N-dealkylation sites (tertiary alicyclic amines) is 1. The number of carbonyl (C=O) groups is 4. The molecule has 2 atom stereocenters. The molecule has 0 aliphatic carbocycles. The van der Waals surface area contributed by atoms with Gasteiger partial charge in [0, 0.05) is 57.8 Å². The van der Waals surface area contributed by atoms with E-state index < -0.39 is 35.5 Å². The molecule has 12 heteroatoms. The molecule has 3 aliphatic rings. The highest BCUT2D eigenvalue weighted by Gasteiger charge is 2.35. The minimum Gasteiger partial charge on any atom is -0.444 e. The smallest absolute Gasteiger partial charge is 0.407 e. The quantitative estimate of drug-likeness (QED) is 0.627. The molecule has 0 bridgehead atoms. The molecule has 184 valence electrons. The number of ether oxygens (including phenoxy) is 1. The van der Waals surface area contributed by atoms with Crippen LogP contribution in [0.1, 0.15) is 30.7 Å². The van der Waals surface area contributed by atoms with E-state index in [1.54, 1.807) is 23.9 Å². The Morgan fingerprint density at radius 1 is 1.12 bits per heavy atom. The van der Waals surface area contributed by atoms with Gasteiger partial charge in [-0.2, -0.15) is 0 Å². The lowest BCUT2D eigenvalue weighted by Gasteiger charge is -2.41. The number of imide groups is 1. The number of hydrogen-bond acceptors (Lipinski definition) is 6. The SMILES string of the molecule is CN(C)C(=O)N1CC[C@H](OC(=O)NC2CN(c3cc(F)c(C4CCC(=O)NC4=O)c(F)c3)C2)C1. The van der Waals surface area contributed by atoms with E-state index in [0.29, 0.717) is 38.3 Å². The first-order valence-electron chi connectivity index (χ1n) is 11.1. The standard InChI is InChI=1S/C22H27F2N5O5/c1-27(2)22(33)28-6-5-14(11-28)34-21(32)25-12-9-29(10-12)13-7-16(23)19(17(24)8-13)15-3-4-18(30)26-20(15)31/h7-8,12,14-15H,3-6,9-11H2,1-2H3,(H,25,32)(H,26,30,31)/t14-,15?/m0/s1. The monoisotopic (exact) mass is 479 g/mol. The van der Waals surface area contributed by atoms with Crippen LogP contribution in [0.5, 0.6) is 0 Å². The number of nitrogens with zero attached hydrogens (tertiary/aromatic N) is 3. The fourth-order valence-corrected chi connectivity index (χ4v) is 4.47. The molecule has 1 aromatic rings. The molecule has 10 nitrogen and oxygen atoms in total. The van der Waals surface area contributed by atoms with E-state index in [0.717, 1.165) is 12.1 Å². The second-order valence-electron chi connectivity index (χ2n) is 9.01. The van der Waals surface area contributed by atoms with Gasteiger partial charge < -0.3 is 24.8 Å². The number of halogens is 2. The molecule has 4 rings (SSSR count). The highest BCUT2D eigenvalue weighted by atomic mass is 19.1. The molecule has 3 aliphatic heterocycles. The summed E-state index contributed by atoms with van der Waals surface area (Å²) in [7, 11) is 3.32. The molecule has 0 saturated carbocycles. The van der Waals surface area contributed by atoms with Crippen molar-refractivity contribution in [3.63, 3.8) is 0 Å². The van der Waals surface area contributed by atoms with Crippen molar-refractivity contribution in [2.45, 2.75) is 37.3 Å². The maximum Gasteiger partial charge on any atom is 0.407 e. The van der Waals surface area contributed by atoms with E-state index in [1.807, 2.05) is 0 Å². The lowest BCUT2D eigenvalue weighted by atomic mass is 9.89. The van der Waals surface area contributed by atoms with Crippen LogP contribution in [0, 0.1) is 11.6 Å². The summed E-state index contributed by atoms with van der Waals surface area (Å²) in [6.07, 6.45) is -0.348. The van der Waals surface area contributed by atoms with Gasteiger partial charge in [-0.15, -0.1) is 0 Å². The molecule has 5 amide bonds. The van der Waals surface area contributed by atoms with Crippen LogP contribution in [0.4, 0.5) is 24.1 Å². The molecule has 1 unspecified atom stereocenters. The number of carbonyl (C=O) groups excluding carboxylic acids is 4. The van der Waals surface area contributed by atoms with E-state index in [1.165, 1.54) is 4.90 Å². The van der Waals surface area contributed by atoms with Gasteiger partial charge in [-0.3, -0.25) is 14.9 Å². The van der Waals surface area contributed by atoms with E-state index in [2.05, 4.69) is 10.6 Å². The predicted molar refractivity (Wildman–Crippen MR) is 116 cm³/mol. The fourth-order valence-electron chi connectivity index (χ4n) is 4.47. The Morgan fingerprint density at radius 2 is 1.79 bits per heavy atom. The van der Waals surface area contributed by atoms with Gasteiger partial charge in [0.2, 0.25) is 11.8 Å². The largest absolute Gasteiger partial charge is 0.444 e. The highest BCUT2D eigenvalue weighted by Crippen LogP contribution is 2.33. The topological polar surface area (TPSA) is 111 Å². The van der Waals surface area contributed by atoms with Crippen LogP contribution in [-0.4, -0.2) is 86.2 Å². The number of piperidine rings is 1. The molecular formula is C22H27F2N5O5. The molecule has 3 saturated heterocycles. The van der Waals surface area contributed by atoms with Crippen molar-refractivity contribution in [2.24, 2.45) is 0 Å². The summed E-state index contributed by atoms with van der Waals surface area (Å²) in [5.74, 6) is -3.91. The summed E-state index contributed by atoms with van der Waals surface area (Å²) in [6.45, 7) is 1.51. The first-order chi connectivity index (χ1) is 16.1. The van der Waals surface area contributed by atoms with Gasteiger partial charge in [-0.05, 0) is 18.6 Å². The van der Waals surface area contributed by atoms with E-state index >= 15 is 0 Å². The fraction of sp³-hybridized carbons (Fsp3) is 0.545. The molecule has 3 heterocycles. The molecule has 3 fully saturated rings. The lowest BCUT2D eigenvalue weighted by molar-refractivity contribution is -0.134. The summed E-state index contributed by atoms with van der Waals surface area (Å²) >= 11 is 0. The van der Waals surface area contributed by atoms with Crippen molar-refractivity contribution in [2.75, 3.05) is 45.2 Å². The number of hydrogen-bond donors (Lipinski definition) is 2. The van der Waals surface area contributed by atoms with Crippen molar-refractivity contribution in [3.8, 4) is 0 Å². The van der Waals surface area contributed by atoms with Crippen LogP contribution in [0.3, 0.4) is 0 Å².